The Balaban J connectivity index is 0.000000142. The minimum absolute atomic E-state index is 0. The molecular formula is C96H68Ir4N8-4. The molecule has 0 aliphatic carbocycles. The number of fused-ring (bicyclic) bond motifs is 4. The molecule has 108 heavy (non-hydrogen) atoms. The summed E-state index contributed by atoms with van der Waals surface area (Å²) < 4.78 is 0. The summed E-state index contributed by atoms with van der Waals surface area (Å²) in [6.07, 6.45) is 6.54. The second-order valence-corrected chi connectivity index (χ2v) is 25.4. The summed E-state index contributed by atoms with van der Waals surface area (Å²) >= 11 is 0. The first-order valence-electron chi connectivity index (χ1n) is 34.6. The van der Waals surface area contributed by atoms with Gasteiger partial charge in [-0.1, -0.05) is 271 Å². The van der Waals surface area contributed by atoms with Crippen LogP contribution < -0.4 is 0 Å². The van der Waals surface area contributed by atoms with Crippen LogP contribution in [0.1, 0.15) is 22.3 Å². The number of rotatable bonds is 10. The van der Waals surface area contributed by atoms with Gasteiger partial charge in [0.25, 0.3) is 0 Å². The van der Waals surface area contributed by atoms with Crippen molar-refractivity contribution >= 4 is 43.1 Å². The van der Waals surface area contributed by atoms with E-state index in [2.05, 4.69) is 322 Å². The molecule has 0 N–H and O–H groups in total. The van der Waals surface area contributed by atoms with E-state index in [1.165, 1.54) is 82.2 Å². The van der Waals surface area contributed by atoms with E-state index in [1.54, 1.807) is 25.3 Å². The Kier molecular flexibility index (Phi) is 26.8. The van der Waals surface area contributed by atoms with Crippen LogP contribution in [0.3, 0.4) is 0 Å². The molecule has 0 unspecified atom stereocenters. The average Bonchev–Trinajstić information content (AvgIpc) is 0.684. The van der Waals surface area contributed by atoms with Gasteiger partial charge in [-0.05, 0) is 106 Å². The molecule has 0 aliphatic rings. The molecule has 4 aromatic heterocycles. The van der Waals surface area contributed by atoms with E-state index in [1.807, 2.05) is 84.9 Å². The molecule has 14 aromatic carbocycles. The van der Waals surface area contributed by atoms with Gasteiger partial charge in [0.15, 0.2) is 0 Å². The number of aryl methyl sites for hydroxylation is 4. The third-order valence-electron chi connectivity index (χ3n) is 18.6. The van der Waals surface area contributed by atoms with Gasteiger partial charge in [0.1, 0.15) is 25.3 Å². The van der Waals surface area contributed by atoms with Crippen molar-refractivity contribution in [2.24, 2.45) is 0 Å². The number of hydrogen-bond acceptors (Lipinski definition) is 8. The van der Waals surface area contributed by atoms with Crippen LogP contribution in [0.4, 0.5) is 0 Å². The van der Waals surface area contributed by atoms with Gasteiger partial charge in [-0.15, -0.1) is 124 Å². The Morgan fingerprint density at radius 3 is 1.26 bits per heavy atom. The summed E-state index contributed by atoms with van der Waals surface area (Å²) in [5.41, 5.74) is 25.3. The molecule has 4 radical (unpaired) electrons. The smallest absolute Gasteiger partial charge is 0.106 e. The second kappa shape index (κ2) is 37.0. The van der Waals surface area contributed by atoms with Gasteiger partial charge in [0.05, 0.1) is 22.8 Å². The van der Waals surface area contributed by atoms with Crippen molar-refractivity contribution in [1.29, 1.82) is 0 Å². The molecule has 0 spiro atoms. The molecule has 532 valence electrons. The minimum Gasteiger partial charge on any atom is -0.286 e. The van der Waals surface area contributed by atoms with E-state index in [0.717, 1.165) is 95.4 Å². The Bertz CT molecular complexity index is 5840. The van der Waals surface area contributed by atoms with Gasteiger partial charge in [-0.3, -0.25) is 19.9 Å². The SMILES string of the molecule is Cc1cccc(C)c1-c1cc(-c2[c-]cc(-c3ccccc3)cc2)ncn1.Cc1cccc(C)c1-c1cc(-c2[c-]ccc(-c3ccccc3)c2)ncn1.[Ir].[Ir].[Ir].[Ir].[c-]1cc2ccccc2cc1-c1cc(-c2ccc3ccccc3c2)ncn1.[c-]1ccc2ccccc2c1-c1cc(-c2cccc3ccccc23)ncn1. The number of nitrogens with zero attached hydrogens (tertiary/aromatic N) is 8. The third kappa shape index (κ3) is 18.2. The van der Waals surface area contributed by atoms with Gasteiger partial charge in [-0.2, -0.15) is 0 Å². The van der Waals surface area contributed by atoms with E-state index < -0.39 is 0 Å². The molecule has 0 atom stereocenters. The molecule has 0 fully saturated rings. The first kappa shape index (κ1) is 78.1. The molecule has 0 saturated heterocycles. The summed E-state index contributed by atoms with van der Waals surface area (Å²) in [6.45, 7) is 8.47. The van der Waals surface area contributed by atoms with Crippen LogP contribution in [-0.4, -0.2) is 39.9 Å². The van der Waals surface area contributed by atoms with Crippen LogP contribution in [0, 0.1) is 52.0 Å². The fourth-order valence-corrected chi connectivity index (χ4v) is 13.3. The number of aromatic nitrogens is 8. The average molecular weight is 2100 g/mol. The summed E-state index contributed by atoms with van der Waals surface area (Å²) in [6, 6.07) is 121. The van der Waals surface area contributed by atoms with Gasteiger partial charge in [0, 0.05) is 103 Å². The number of benzene rings is 14. The van der Waals surface area contributed by atoms with Crippen molar-refractivity contribution in [3.05, 3.63) is 387 Å². The predicted octanol–water partition coefficient (Wildman–Crippen LogP) is 23.6. The molecule has 18 rings (SSSR count). The standard InChI is InChI=1S/2C24H15N2.2C24H19N2.4Ir/c1-3-11-19-17(7-1)9-5-13-21(19)23-15-24(26-16-25-23)22-14-6-10-18-8-2-4-12-20(18)22;1-3-7-19-13-21(11-9-17(19)5-1)23-15-24(26-16-25-23)22-12-10-18-6-2-4-8-20(18)14-22;1-17-8-6-9-18(2)24(17)23-15-22(25-16-26-23)21-13-7-12-20(14-21)19-10-4-3-5-11-19;1-17-7-6-8-18(2)24(17)23-15-22(25-16-26-23)21-13-11-20(12-14-21)19-9-4-3-5-10-19;;;;/h1-13,15-16H;1-11,13-16H;3-12,14-16H,1-2H3;3-13,15-16H,1-2H3;;;;/q4*-1;;;;. The largest absolute Gasteiger partial charge is 0.286 e. The molecule has 8 nitrogen and oxygen atoms in total. The zero-order valence-corrected chi connectivity index (χ0v) is 68.8. The van der Waals surface area contributed by atoms with Crippen LogP contribution in [-0.2, 0) is 80.4 Å². The molecule has 4 heterocycles. The minimum atomic E-state index is 0. The Labute approximate surface area is 684 Å². The van der Waals surface area contributed by atoms with Crippen LogP contribution >= 0.6 is 0 Å². The monoisotopic (exact) mass is 2100 g/mol. The van der Waals surface area contributed by atoms with Crippen molar-refractivity contribution in [3.63, 3.8) is 0 Å². The number of hydrogen-bond donors (Lipinski definition) is 0. The Hall–Kier alpha value is -11.0. The summed E-state index contributed by atoms with van der Waals surface area (Å²) in [4.78, 5) is 36.0. The van der Waals surface area contributed by atoms with E-state index in [9.17, 15) is 0 Å². The Morgan fingerprint density at radius 2 is 0.648 bits per heavy atom. The van der Waals surface area contributed by atoms with Crippen LogP contribution in [0.25, 0.3) is 155 Å². The van der Waals surface area contributed by atoms with E-state index in [0.29, 0.717) is 0 Å². The molecule has 0 aliphatic heterocycles. The van der Waals surface area contributed by atoms with Crippen molar-refractivity contribution in [2.45, 2.75) is 27.7 Å². The fraction of sp³-hybridized carbons (Fsp3) is 0.0417. The van der Waals surface area contributed by atoms with Crippen LogP contribution in [0.2, 0.25) is 0 Å². The van der Waals surface area contributed by atoms with Gasteiger partial charge in [0.2, 0.25) is 0 Å². The van der Waals surface area contributed by atoms with Crippen molar-refractivity contribution in [2.75, 3.05) is 0 Å². The first-order valence-corrected chi connectivity index (χ1v) is 34.6. The molecule has 0 amide bonds. The summed E-state index contributed by atoms with van der Waals surface area (Å²) in [5, 5.41) is 9.55. The van der Waals surface area contributed by atoms with Gasteiger partial charge in [-0.25, -0.2) is 19.9 Å². The predicted molar refractivity (Wildman–Crippen MR) is 427 cm³/mol. The van der Waals surface area contributed by atoms with Crippen LogP contribution in [0.5, 0.6) is 0 Å². The molecular weight excluding hydrogens is 2030 g/mol. The van der Waals surface area contributed by atoms with Crippen molar-refractivity contribution in [3.8, 4) is 112 Å². The maximum absolute atomic E-state index is 4.54. The quantitative estimate of drug-likeness (QED) is 0.125. The molecule has 18 aromatic rings. The van der Waals surface area contributed by atoms with Crippen LogP contribution in [0.15, 0.2) is 341 Å². The third-order valence-corrected chi connectivity index (χ3v) is 18.6. The molecule has 12 heteroatoms. The topological polar surface area (TPSA) is 103 Å². The van der Waals surface area contributed by atoms with Crippen molar-refractivity contribution in [1.82, 2.24) is 39.9 Å². The second-order valence-electron chi connectivity index (χ2n) is 25.4. The first-order chi connectivity index (χ1) is 51.2. The summed E-state index contributed by atoms with van der Waals surface area (Å²) in [5.74, 6) is 0. The van der Waals surface area contributed by atoms with E-state index in [-0.39, 0.29) is 80.4 Å². The summed E-state index contributed by atoms with van der Waals surface area (Å²) in [7, 11) is 0. The van der Waals surface area contributed by atoms with E-state index in [4.69, 9.17) is 0 Å². The zero-order valence-electron chi connectivity index (χ0n) is 59.2. The molecule has 0 saturated carbocycles. The maximum Gasteiger partial charge on any atom is 0.106 e. The maximum atomic E-state index is 4.54. The fourth-order valence-electron chi connectivity index (χ4n) is 13.3. The van der Waals surface area contributed by atoms with Crippen molar-refractivity contribution < 1.29 is 80.4 Å². The van der Waals surface area contributed by atoms with Gasteiger partial charge >= 0.3 is 0 Å². The van der Waals surface area contributed by atoms with Gasteiger partial charge < -0.3 is 0 Å². The Morgan fingerprint density at radius 1 is 0.222 bits per heavy atom. The van der Waals surface area contributed by atoms with E-state index >= 15 is 0 Å². The normalized spacial score (nSPS) is 10.5. The zero-order chi connectivity index (χ0) is 70.6. The molecule has 0 bridgehead atoms.